The minimum absolute atomic E-state index is 0.425. The first-order valence-electron chi connectivity index (χ1n) is 5.16. The van der Waals surface area contributed by atoms with Crippen molar-refractivity contribution in [1.29, 1.82) is 10.5 Å². The Kier molecular flexibility index (Phi) is 7.56. The molecule has 0 unspecified atom stereocenters. The zero-order valence-electron chi connectivity index (χ0n) is 9.08. The maximum Gasteiger partial charge on any atom is 0.0621 e. The zero-order chi connectivity index (χ0) is 10.8. The number of allylic oxidation sites excluding steroid dienone is 2. The predicted molar refractivity (Wildman–Crippen MR) is 57.2 cm³/mol. The lowest BCUT2D eigenvalue weighted by Gasteiger charge is -2.14. The molecule has 0 aliphatic rings. The molecule has 0 saturated heterocycles. The number of hydrogen-bond donors (Lipinski definition) is 0. The van der Waals surface area contributed by atoms with E-state index in [1.807, 2.05) is 0 Å². The van der Waals surface area contributed by atoms with Gasteiger partial charge in [-0.05, 0) is 32.1 Å². The number of rotatable bonds is 6. The van der Waals surface area contributed by atoms with Crippen molar-refractivity contribution >= 4 is 0 Å². The molecule has 0 N–H and O–H groups in total. The smallest absolute Gasteiger partial charge is 0.0621 e. The lowest BCUT2D eigenvalue weighted by molar-refractivity contribution is 0.530. The molecule has 0 spiro atoms. The molecule has 0 fully saturated rings. The van der Waals surface area contributed by atoms with Gasteiger partial charge in [0.15, 0.2) is 0 Å². The van der Waals surface area contributed by atoms with Crippen molar-refractivity contribution in [2.75, 3.05) is 0 Å². The summed E-state index contributed by atoms with van der Waals surface area (Å²) in [4.78, 5) is 0. The highest BCUT2D eigenvalue weighted by Crippen LogP contribution is 2.22. The quantitative estimate of drug-likeness (QED) is 0.601. The van der Waals surface area contributed by atoms with E-state index in [0.717, 1.165) is 19.3 Å². The molecule has 2 heteroatoms. The van der Waals surface area contributed by atoms with Gasteiger partial charge in [-0.2, -0.15) is 10.5 Å². The van der Waals surface area contributed by atoms with Gasteiger partial charge in [-0.15, -0.1) is 0 Å². The molecule has 0 aromatic heterocycles. The van der Waals surface area contributed by atoms with Crippen LogP contribution in [0.3, 0.4) is 0 Å². The van der Waals surface area contributed by atoms with Crippen molar-refractivity contribution in [3.63, 3.8) is 0 Å². The van der Waals surface area contributed by atoms with Gasteiger partial charge >= 0.3 is 0 Å². The van der Waals surface area contributed by atoms with Crippen molar-refractivity contribution in [2.24, 2.45) is 5.92 Å². The first-order valence-corrected chi connectivity index (χ1v) is 5.16. The van der Waals surface area contributed by atoms with Gasteiger partial charge in [0.05, 0.1) is 12.1 Å². The summed E-state index contributed by atoms with van der Waals surface area (Å²) < 4.78 is 0. The Morgan fingerprint density at radius 2 is 1.71 bits per heavy atom. The summed E-state index contributed by atoms with van der Waals surface area (Å²) in [6.45, 7) is 4.21. The van der Waals surface area contributed by atoms with Crippen LogP contribution in [-0.2, 0) is 0 Å². The lowest BCUT2D eigenvalue weighted by atomic mass is 9.90. The van der Waals surface area contributed by atoms with Gasteiger partial charge in [-0.25, -0.2) is 0 Å². The van der Waals surface area contributed by atoms with Crippen LogP contribution < -0.4 is 0 Å². The minimum Gasteiger partial charge on any atom is -0.198 e. The van der Waals surface area contributed by atoms with E-state index in [1.165, 1.54) is 5.57 Å². The minimum atomic E-state index is 0.425. The van der Waals surface area contributed by atoms with Gasteiger partial charge in [-0.1, -0.05) is 18.6 Å². The number of nitriles is 2. The van der Waals surface area contributed by atoms with E-state index in [2.05, 4.69) is 32.1 Å². The second kappa shape index (κ2) is 8.32. The average molecular weight is 190 g/mol. The van der Waals surface area contributed by atoms with E-state index >= 15 is 0 Å². The van der Waals surface area contributed by atoms with E-state index in [1.54, 1.807) is 0 Å². The van der Waals surface area contributed by atoms with Crippen LogP contribution in [0.1, 0.15) is 46.0 Å². The van der Waals surface area contributed by atoms with Crippen LogP contribution in [0.4, 0.5) is 0 Å². The Morgan fingerprint density at radius 3 is 2.07 bits per heavy atom. The van der Waals surface area contributed by atoms with Crippen molar-refractivity contribution in [2.45, 2.75) is 46.0 Å². The number of nitrogens with zero attached hydrogens (tertiary/aromatic N) is 2. The van der Waals surface area contributed by atoms with Gasteiger partial charge in [0.2, 0.25) is 0 Å². The molecule has 0 bridgehead atoms. The third-order valence-electron chi connectivity index (χ3n) is 2.38. The molecule has 0 aromatic carbocycles. The van der Waals surface area contributed by atoms with Crippen LogP contribution in [0.2, 0.25) is 0 Å². The summed E-state index contributed by atoms with van der Waals surface area (Å²) in [5.41, 5.74) is 1.33. The molecule has 0 aliphatic heterocycles. The van der Waals surface area contributed by atoms with Crippen LogP contribution >= 0.6 is 0 Å². The lowest BCUT2D eigenvalue weighted by Crippen LogP contribution is -2.01. The second-order valence-electron chi connectivity index (χ2n) is 3.45. The van der Waals surface area contributed by atoms with E-state index in [9.17, 15) is 0 Å². The highest BCUT2D eigenvalue weighted by Gasteiger charge is 2.09. The molecule has 0 radical (unpaired) electrons. The van der Waals surface area contributed by atoms with Crippen LogP contribution in [0.25, 0.3) is 0 Å². The summed E-state index contributed by atoms with van der Waals surface area (Å²) in [5, 5.41) is 17.0. The zero-order valence-corrected chi connectivity index (χ0v) is 9.08. The third-order valence-corrected chi connectivity index (χ3v) is 2.38. The van der Waals surface area contributed by atoms with Crippen LogP contribution in [0, 0.1) is 28.6 Å². The molecular formula is C12H18N2. The summed E-state index contributed by atoms with van der Waals surface area (Å²) >= 11 is 0. The summed E-state index contributed by atoms with van der Waals surface area (Å²) in [6, 6.07) is 4.32. The Balaban J connectivity index is 4.17. The van der Waals surface area contributed by atoms with Gasteiger partial charge < -0.3 is 0 Å². The normalized spacial score (nSPS) is 11.1. The molecule has 14 heavy (non-hydrogen) atoms. The fraction of sp³-hybridized carbons (Fsp3) is 0.667. The van der Waals surface area contributed by atoms with Crippen molar-refractivity contribution in [1.82, 2.24) is 0 Å². The molecule has 0 aliphatic carbocycles. The van der Waals surface area contributed by atoms with Crippen molar-refractivity contribution in [3.8, 4) is 12.1 Å². The molecule has 2 nitrogen and oxygen atoms in total. The average Bonchev–Trinajstić information content (AvgIpc) is 2.18. The first-order chi connectivity index (χ1) is 6.76. The van der Waals surface area contributed by atoms with Crippen molar-refractivity contribution < 1.29 is 0 Å². The molecule has 0 amide bonds. The third kappa shape index (κ3) is 5.38. The molecular weight excluding hydrogens is 172 g/mol. The van der Waals surface area contributed by atoms with Crippen LogP contribution in [-0.4, -0.2) is 0 Å². The van der Waals surface area contributed by atoms with E-state index in [4.69, 9.17) is 10.5 Å². The standard InChI is InChI=1S/C12H18N2/c1-3-6-11(2)12(7-4-9-13)8-5-10-14/h6,12H,3-5,7-8H2,1-2H3. The fourth-order valence-corrected chi connectivity index (χ4v) is 1.57. The summed E-state index contributed by atoms with van der Waals surface area (Å²) in [7, 11) is 0. The largest absolute Gasteiger partial charge is 0.198 e. The molecule has 0 saturated carbocycles. The molecule has 0 aromatic rings. The topological polar surface area (TPSA) is 47.6 Å². The van der Waals surface area contributed by atoms with Gasteiger partial charge in [-0.3, -0.25) is 0 Å². The number of hydrogen-bond acceptors (Lipinski definition) is 2. The molecule has 0 rings (SSSR count). The SMILES string of the molecule is CCC=C(C)C(CCC#N)CCC#N. The highest BCUT2D eigenvalue weighted by atomic mass is 14.3. The highest BCUT2D eigenvalue weighted by molar-refractivity contribution is 5.04. The predicted octanol–water partition coefficient (Wildman–Crippen LogP) is 3.57. The van der Waals surface area contributed by atoms with Gasteiger partial charge in [0.25, 0.3) is 0 Å². The first kappa shape index (κ1) is 12.7. The maximum atomic E-state index is 8.52. The van der Waals surface area contributed by atoms with Gasteiger partial charge in [0.1, 0.15) is 0 Å². The van der Waals surface area contributed by atoms with Gasteiger partial charge in [0, 0.05) is 12.8 Å². The van der Waals surface area contributed by atoms with Crippen LogP contribution in [0.5, 0.6) is 0 Å². The van der Waals surface area contributed by atoms with E-state index < -0.39 is 0 Å². The molecule has 76 valence electrons. The Hall–Kier alpha value is -1.28. The Morgan fingerprint density at radius 1 is 1.21 bits per heavy atom. The van der Waals surface area contributed by atoms with Crippen molar-refractivity contribution in [3.05, 3.63) is 11.6 Å². The molecule has 0 heterocycles. The van der Waals surface area contributed by atoms with E-state index in [0.29, 0.717) is 18.8 Å². The van der Waals surface area contributed by atoms with Crippen LogP contribution in [0.15, 0.2) is 11.6 Å². The molecule has 0 atom stereocenters. The Labute approximate surface area is 86.8 Å². The van der Waals surface area contributed by atoms with E-state index in [-0.39, 0.29) is 0 Å². The fourth-order valence-electron chi connectivity index (χ4n) is 1.57. The Bertz CT molecular complexity index is 234. The second-order valence-corrected chi connectivity index (χ2v) is 3.45. The monoisotopic (exact) mass is 190 g/mol. The maximum absolute atomic E-state index is 8.52. The summed E-state index contributed by atoms with van der Waals surface area (Å²) in [6.07, 6.45) is 6.18. The summed E-state index contributed by atoms with van der Waals surface area (Å²) in [5.74, 6) is 0.425.